The van der Waals surface area contributed by atoms with Gasteiger partial charge in [-0.05, 0) is 49.2 Å². The van der Waals surface area contributed by atoms with Gasteiger partial charge >= 0.3 is 0 Å². The van der Waals surface area contributed by atoms with E-state index in [1.165, 1.54) is 12.1 Å². The van der Waals surface area contributed by atoms with E-state index in [4.69, 9.17) is 0 Å². The van der Waals surface area contributed by atoms with E-state index in [0.29, 0.717) is 16.8 Å². The molecule has 0 heterocycles. The second kappa shape index (κ2) is 7.15. The van der Waals surface area contributed by atoms with E-state index >= 15 is 0 Å². The molecule has 6 nitrogen and oxygen atoms in total. The summed E-state index contributed by atoms with van der Waals surface area (Å²) in [6.45, 7) is 3.65. The van der Waals surface area contributed by atoms with E-state index in [2.05, 4.69) is 26.5 Å². The number of nitro groups is 1. The standard InChI is InChI=1S/C16H14BrN3O3/c1-10-3-4-13(9-15(10)17)16(21)19-18-11(2)12-5-7-14(8-6-12)20(22)23/h3-9H,1-2H3,(H,19,21). The Kier molecular flexibility index (Phi) is 5.23. The third-order valence-electron chi connectivity index (χ3n) is 3.26. The molecule has 2 aromatic carbocycles. The summed E-state index contributed by atoms with van der Waals surface area (Å²) < 4.78 is 0.848. The lowest BCUT2D eigenvalue weighted by Crippen LogP contribution is -2.19. The van der Waals surface area contributed by atoms with Crippen molar-refractivity contribution in [1.82, 2.24) is 5.43 Å². The lowest BCUT2D eigenvalue weighted by molar-refractivity contribution is -0.384. The fourth-order valence-electron chi connectivity index (χ4n) is 1.82. The lowest BCUT2D eigenvalue weighted by Gasteiger charge is -2.05. The van der Waals surface area contributed by atoms with E-state index in [1.807, 2.05) is 13.0 Å². The number of rotatable bonds is 4. The van der Waals surface area contributed by atoms with Crippen molar-refractivity contribution < 1.29 is 9.72 Å². The normalized spacial score (nSPS) is 11.2. The topological polar surface area (TPSA) is 84.6 Å². The smallest absolute Gasteiger partial charge is 0.267 e. The second-order valence-corrected chi connectivity index (χ2v) is 5.76. The maximum Gasteiger partial charge on any atom is 0.271 e. The summed E-state index contributed by atoms with van der Waals surface area (Å²) in [4.78, 5) is 22.2. The van der Waals surface area contributed by atoms with Gasteiger partial charge in [-0.2, -0.15) is 5.10 Å². The molecule has 0 aliphatic carbocycles. The van der Waals surface area contributed by atoms with Crippen LogP contribution in [0.2, 0.25) is 0 Å². The summed E-state index contributed by atoms with van der Waals surface area (Å²) in [5, 5.41) is 14.6. The maximum absolute atomic E-state index is 12.1. The number of halogens is 1. The van der Waals surface area contributed by atoms with Crippen LogP contribution in [0.4, 0.5) is 5.69 Å². The van der Waals surface area contributed by atoms with Gasteiger partial charge in [-0.15, -0.1) is 0 Å². The summed E-state index contributed by atoms with van der Waals surface area (Å²) in [7, 11) is 0. The van der Waals surface area contributed by atoms with E-state index in [-0.39, 0.29) is 11.6 Å². The number of carbonyl (C=O) groups is 1. The van der Waals surface area contributed by atoms with Gasteiger partial charge in [0.05, 0.1) is 10.6 Å². The number of hydrazone groups is 1. The number of carbonyl (C=O) groups excluding carboxylic acids is 1. The molecule has 1 amide bonds. The molecule has 0 atom stereocenters. The fraction of sp³-hybridized carbons (Fsp3) is 0.125. The van der Waals surface area contributed by atoms with Crippen LogP contribution < -0.4 is 5.43 Å². The van der Waals surface area contributed by atoms with Crippen molar-refractivity contribution in [3.8, 4) is 0 Å². The zero-order valence-corrected chi connectivity index (χ0v) is 14.1. The minimum absolute atomic E-state index is 0.00934. The third kappa shape index (κ3) is 4.23. The fourth-order valence-corrected chi connectivity index (χ4v) is 2.20. The molecule has 0 aliphatic heterocycles. The number of nitro benzene ring substituents is 1. The van der Waals surface area contributed by atoms with E-state index in [0.717, 1.165) is 10.0 Å². The summed E-state index contributed by atoms with van der Waals surface area (Å²) in [5.74, 6) is -0.327. The van der Waals surface area contributed by atoms with Crippen molar-refractivity contribution in [3.63, 3.8) is 0 Å². The number of nitrogens with zero attached hydrogens (tertiary/aromatic N) is 2. The Morgan fingerprint density at radius 3 is 2.35 bits per heavy atom. The lowest BCUT2D eigenvalue weighted by atomic mass is 10.1. The van der Waals surface area contributed by atoms with Crippen LogP contribution >= 0.6 is 15.9 Å². The minimum Gasteiger partial charge on any atom is -0.267 e. The first-order valence-corrected chi connectivity index (χ1v) is 7.53. The molecule has 0 unspecified atom stereocenters. The van der Waals surface area contributed by atoms with Crippen LogP contribution in [-0.2, 0) is 0 Å². The van der Waals surface area contributed by atoms with Crippen LogP contribution in [0.5, 0.6) is 0 Å². The van der Waals surface area contributed by atoms with Gasteiger partial charge in [-0.25, -0.2) is 5.43 Å². The first-order valence-electron chi connectivity index (χ1n) is 6.74. The zero-order chi connectivity index (χ0) is 17.0. The van der Waals surface area contributed by atoms with Gasteiger partial charge in [0.2, 0.25) is 0 Å². The number of benzene rings is 2. The number of nitrogens with one attached hydrogen (secondary N) is 1. The van der Waals surface area contributed by atoms with Crippen molar-refractivity contribution in [1.29, 1.82) is 0 Å². The Hall–Kier alpha value is -2.54. The van der Waals surface area contributed by atoms with Gasteiger partial charge < -0.3 is 0 Å². The third-order valence-corrected chi connectivity index (χ3v) is 4.11. The Balaban J connectivity index is 2.10. The highest BCUT2D eigenvalue weighted by atomic mass is 79.9. The molecule has 7 heteroatoms. The maximum atomic E-state index is 12.1. The van der Waals surface area contributed by atoms with Crippen molar-refractivity contribution >= 4 is 33.2 Å². The first-order chi connectivity index (χ1) is 10.9. The van der Waals surface area contributed by atoms with Gasteiger partial charge in [0.1, 0.15) is 0 Å². The zero-order valence-electron chi connectivity index (χ0n) is 12.5. The highest BCUT2D eigenvalue weighted by molar-refractivity contribution is 9.10. The van der Waals surface area contributed by atoms with Crippen LogP contribution in [-0.4, -0.2) is 16.5 Å². The Morgan fingerprint density at radius 1 is 1.17 bits per heavy atom. The molecule has 0 spiro atoms. The summed E-state index contributed by atoms with van der Waals surface area (Å²) >= 11 is 3.38. The van der Waals surface area contributed by atoms with Gasteiger partial charge in [0, 0.05) is 22.2 Å². The van der Waals surface area contributed by atoms with Crippen LogP contribution in [0, 0.1) is 17.0 Å². The van der Waals surface area contributed by atoms with E-state index < -0.39 is 4.92 Å². The molecule has 0 radical (unpaired) electrons. The molecular formula is C16H14BrN3O3. The van der Waals surface area contributed by atoms with Crippen molar-refractivity contribution in [2.45, 2.75) is 13.8 Å². The summed E-state index contributed by atoms with van der Waals surface area (Å²) in [6.07, 6.45) is 0. The Morgan fingerprint density at radius 2 is 1.78 bits per heavy atom. The van der Waals surface area contributed by atoms with Crippen LogP contribution in [0.25, 0.3) is 0 Å². The molecule has 0 bridgehead atoms. The summed E-state index contributed by atoms with van der Waals surface area (Å²) in [6, 6.07) is 11.2. The molecular weight excluding hydrogens is 362 g/mol. The Bertz CT molecular complexity index is 786. The van der Waals surface area contributed by atoms with E-state index in [1.54, 1.807) is 31.2 Å². The molecule has 2 aromatic rings. The average molecular weight is 376 g/mol. The molecule has 1 N–H and O–H groups in total. The van der Waals surface area contributed by atoms with Gasteiger partial charge in [-0.1, -0.05) is 22.0 Å². The van der Waals surface area contributed by atoms with Crippen LogP contribution in [0.3, 0.4) is 0 Å². The predicted octanol–water partition coefficient (Wildman–Crippen LogP) is 3.82. The number of amides is 1. The average Bonchev–Trinajstić information content (AvgIpc) is 2.54. The van der Waals surface area contributed by atoms with Crippen LogP contribution in [0.15, 0.2) is 52.0 Å². The molecule has 23 heavy (non-hydrogen) atoms. The summed E-state index contributed by atoms with van der Waals surface area (Å²) in [5.41, 5.74) is 5.26. The van der Waals surface area contributed by atoms with Gasteiger partial charge in [0.25, 0.3) is 11.6 Å². The molecule has 0 aliphatic rings. The van der Waals surface area contributed by atoms with Gasteiger partial charge in [-0.3, -0.25) is 14.9 Å². The highest BCUT2D eigenvalue weighted by Crippen LogP contribution is 2.17. The molecule has 0 fully saturated rings. The van der Waals surface area contributed by atoms with Crippen molar-refractivity contribution in [2.24, 2.45) is 5.10 Å². The second-order valence-electron chi connectivity index (χ2n) is 4.91. The van der Waals surface area contributed by atoms with E-state index in [9.17, 15) is 14.9 Å². The van der Waals surface area contributed by atoms with Crippen LogP contribution in [0.1, 0.15) is 28.4 Å². The molecule has 118 valence electrons. The number of hydrogen-bond donors (Lipinski definition) is 1. The first kappa shape index (κ1) is 16.8. The number of hydrogen-bond acceptors (Lipinski definition) is 4. The predicted molar refractivity (Wildman–Crippen MR) is 91.7 cm³/mol. The minimum atomic E-state index is -0.465. The molecule has 0 saturated heterocycles. The number of non-ortho nitro benzene ring substituents is 1. The molecule has 0 saturated carbocycles. The molecule has 2 rings (SSSR count). The van der Waals surface area contributed by atoms with Crippen molar-refractivity contribution in [3.05, 3.63) is 73.7 Å². The molecule has 0 aromatic heterocycles. The Labute approximate surface area is 141 Å². The largest absolute Gasteiger partial charge is 0.271 e. The SMILES string of the molecule is CC(=NNC(=O)c1ccc(C)c(Br)c1)c1ccc([N+](=O)[O-])cc1. The van der Waals surface area contributed by atoms with Gasteiger partial charge in [0.15, 0.2) is 0 Å². The van der Waals surface area contributed by atoms with Crippen molar-refractivity contribution in [2.75, 3.05) is 0 Å². The number of aryl methyl sites for hydroxylation is 1. The highest BCUT2D eigenvalue weighted by Gasteiger charge is 2.08. The monoisotopic (exact) mass is 375 g/mol. The quantitative estimate of drug-likeness (QED) is 0.500.